The van der Waals surface area contributed by atoms with E-state index in [9.17, 15) is 14.4 Å². The van der Waals surface area contributed by atoms with Gasteiger partial charge in [-0.3, -0.25) is 14.4 Å². The van der Waals surface area contributed by atoms with Crippen molar-refractivity contribution in [2.24, 2.45) is 11.8 Å². The van der Waals surface area contributed by atoms with E-state index in [-0.39, 0.29) is 30.9 Å². The summed E-state index contributed by atoms with van der Waals surface area (Å²) in [4.78, 5) is 42.1. The number of carbonyl (C=O) groups excluding carboxylic acids is 2. The number of amides is 2. The first kappa shape index (κ1) is 20.6. The van der Waals surface area contributed by atoms with E-state index in [1.165, 1.54) is 0 Å². The molecule has 1 aliphatic heterocycles. The number of nitrogens with one attached hydrogen (secondary N) is 2. The first-order chi connectivity index (χ1) is 15.4. The molecule has 3 aromatic rings. The first-order valence-corrected chi connectivity index (χ1v) is 10.9. The number of carboxylic acid groups (broad SMARTS) is 1. The minimum absolute atomic E-state index is 0.106. The van der Waals surface area contributed by atoms with Crippen molar-refractivity contribution in [3.8, 4) is 0 Å². The van der Waals surface area contributed by atoms with Crippen molar-refractivity contribution in [2.75, 3.05) is 13.1 Å². The molecule has 1 fully saturated rings. The van der Waals surface area contributed by atoms with Crippen molar-refractivity contribution in [2.45, 2.75) is 18.9 Å². The molecule has 2 atom stereocenters. The molecule has 2 amide bonds. The highest BCUT2D eigenvalue weighted by atomic mass is 35.5. The number of aromatic amines is 1. The van der Waals surface area contributed by atoms with E-state index in [1.807, 2.05) is 30.3 Å². The van der Waals surface area contributed by atoms with Crippen molar-refractivity contribution in [1.82, 2.24) is 15.2 Å². The smallest absolute Gasteiger partial charge is 0.310 e. The van der Waals surface area contributed by atoms with Crippen molar-refractivity contribution in [3.05, 3.63) is 70.4 Å². The Hall–Kier alpha value is -3.32. The highest BCUT2D eigenvalue weighted by Gasteiger charge is 2.42. The van der Waals surface area contributed by atoms with Crippen LogP contribution in [0.4, 0.5) is 0 Å². The van der Waals surface area contributed by atoms with E-state index in [2.05, 4.69) is 10.3 Å². The van der Waals surface area contributed by atoms with Gasteiger partial charge in [-0.2, -0.15) is 0 Å². The monoisotopic (exact) mass is 451 g/mol. The lowest BCUT2D eigenvalue weighted by molar-refractivity contribution is -0.155. The first-order valence-electron chi connectivity index (χ1n) is 10.6. The Kier molecular flexibility index (Phi) is 5.13. The summed E-state index contributed by atoms with van der Waals surface area (Å²) in [5.41, 5.74) is 3.41. The average Bonchev–Trinajstić information content (AvgIpc) is 3.15. The van der Waals surface area contributed by atoms with Crippen LogP contribution in [0.15, 0.2) is 48.5 Å². The number of aliphatic carboxylic acids is 1. The summed E-state index contributed by atoms with van der Waals surface area (Å²) in [5.74, 6) is -2.23. The third-order valence-electron chi connectivity index (χ3n) is 6.49. The predicted octanol–water partition coefficient (Wildman–Crippen LogP) is 2.88. The number of H-pyrrole nitrogens is 1. The molecule has 0 radical (unpaired) electrons. The molecule has 32 heavy (non-hydrogen) atoms. The molecule has 1 saturated heterocycles. The summed E-state index contributed by atoms with van der Waals surface area (Å²) in [6.07, 6.45) is 1.05. The van der Waals surface area contributed by atoms with E-state index >= 15 is 0 Å². The van der Waals surface area contributed by atoms with Gasteiger partial charge in [0.05, 0.1) is 11.8 Å². The summed E-state index contributed by atoms with van der Waals surface area (Å²) in [5, 5.41) is 13.6. The summed E-state index contributed by atoms with van der Waals surface area (Å²) in [7, 11) is 0. The molecule has 2 aliphatic rings. The number of halogens is 1. The molecular weight excluding hydrogens is 430 g/mol. The zero-order valence-corrected chi connectivity index (χ0v) is 17.9. The summed E-state index contributed by atoms with van der Waals surface area (Å²) in [6, 6.07) is 14.6. The molecule has 0 spiro atoms. The molecule has 1 aromatic heterocycles. The normalized spacial score (nSPS) is 20.5. The molecule has 3 N–H and O–H groups in total. The van der Waals surface area contributed by atoms with E-state index in [0.29, 0.717) is 23.6 Å². The van der Waals surface area contributed by atoms with Gasteiger partial charge in [0.25, 0.3) is 5.91 Å². The zero-order valence-electron chi connectivity index (χ0n) is 17.2. The molecule has 5 rings (SSSR count). The second-order valence-electron chi connectivity index (χ2n) is 8.56. The van der Waals surface area contributed by atoms with E-state index in [0.717, 1.165) is 22.0 Å². The second-order valence-corrected chi connectivity index (χ2v) is 8.99. The number of aromatic nitrogens is 1. The largest absolute Gasteiger partial charge is 0.481 e. The van der Waals surface area contributed by atoms with Gasteiger partial charge < -0.3 is 20.3 Å². The quantitative estimate of drug-likeness (QED) is 0.567. The van der Waals surface area contributed by atoms with Gasteiger partial charge in [0, 0.05) is 35.1 Å². The molecule has 2 heterocycles. The molecule has 1 aliphatic carbocycles. The van der Waals surface area contributed by atoms with Crippen LogP contribution in [0.5, 0.6) is 0 Å². The molecule has 0 bridgehead atoms. The Morgan fingerprint density at radius 1 is 1.03 bits per heavy atom. The third kappa shape index (κ3) is 3.73. The van der Waals surface area contributed by atoms with Gasteiger partial charge in [0.1, 0.15) is 5.69 Å². The molecule has 7 nitrogen and oxygen atoms in total. The van der Waals surface area contributed by atoms with Crippen LogP contribution in [0.2, 0.25) is 5.02 Å². The SMILES string of the molecule is O=C(NC1Cc2ccccc2C[C@H]1C(=O)N1CC(C(=O)O)C1)c1cc2cc(Cl)ccc2[nH]1. The number of rotatable bonds is 4. The van der Waals surface area contributed by atoms with Crippen molar-refractivity contribution >= 4 is 40.3 Å². The Morgan fingerprint density at radius 3 is 2.47 bits per heavy atom. The minimum Gasteiger partial charge on any atom is -0.481 e. The van der Waals surface area contributed by atoms with E-state index in [1.54, 1.807) is 23.1 Å². The number of likely N-dealkylation sites (tertiary alicyclic amines) is 1. The van der Waals surface area contributed by atoms with Crippen molar-refractivity contribution < 1.29 is 19.5 Å². The summed E-state index contributed by atoms with van der Waals surface area (Å²) < 4.78 is 0. The fourth-order valence-electron chi connectivity index (χ4n) is 4.65. The summed E-state index contributed by atoms with van der Waals surface area (Å²) in [6.45, 7) is 0.436. The number of carboxylic acids is 1. The molecular formula is C24H22ClN3O4. The van der Waals surface area contributed by atoms with Gasteiger partial charge in [-0.15, -0.1) is 0 Å². The topological polar surface area (TPSA) is 102 Å². The van der Waals surface area contributed by atoms with Gasteiger partial charge in [-0.05, 0) is 48.2 Å². The Morgan fingerprint density at radius 2 is 1.75 bits per heavy atom. The standard InChI is InChI=1S/C24H22ClN3O4/c25-17-5-6-19-15(7-17)10-21(26-19)22(29)27-20-9-14-4-2-1-3-13(14)8-18(20)23(30)28-11-16(12-28)24(31)32/h1-7,10,16,18,20,26H,8-9,11-12H2,(H,27,29)(H,31,32)/t18-,20?/m1/s1. The maximum absolute atomic E-state index is 13.2. The van der Waals surface area contributed by atoms with Crippen molar-refractivity contribution in [1.29, 1.82) is 0 Å². The van der Waals surface area contributed by atoms with Gasteiger partial charge in [0.2, 0.25) is 5.91 Å². The van der Waals surface area contributed by atoms with Gasteiger partial charge in [-0.1, -0.05) is 35.9 Å². The Bertz CT molecular complexity index is 1230. The Labute approximate surface area is 189 Å². The van der Waals surface area contributed by atoms with Crippen LogP contribution in [0, 0.1) is 11.8 Å². The van der Waals surface area contributed by atoms with Crippen LogP contribution < -0.4 is 5.32 Å². The van der Waals surface area contributed by atoms with Crippen molar-refractivity contribution in [3.63, 3.8) is 0 Å². The van der Waals surface area contributed by atoms with Crippen LogP contribution in [0.1, 0.15) is 21.6 Å². The third-order valence-corrected chi connectivity index (χ3v) is 6.72. The molecule has 164 valence electrons. The lowest BCUT2D eigenvalue weighted by Gasteiger charge is -2.42. The van der Waals surface area contributed by atoms with Gasteiger partial charge in [0.15, 0.2) is 0 Å². The van der Waals surface area contributed by atoms with Crippen LogP contribution in [-0.4, -0.2) is 51.9 Å². The number of carbonyl (C=O) groups is 3. The van der Waals surface area contributed by atoms with Crippen LogP contribution in [0.25, 0.3) is 10.9 Å². The molecule has 2 aromatic carbocycles. The molecule has 8 heteroatoms. The fraction of sp³-hybridized carbons (Fsp3) is 0.292. The number of fused-ring (bicyclic) bond motifs is 2. The molecule has 0 saturated carbocycles. The van der Waals surface area contributed by atoms with E-state index in [4.69, 9.17) is 16.7 Å². The van der Waals surface area contributed by atoms with Gasteiger partial charge >= 0.3 is 5.97 Å². The number of benzene rings is 2. The lowest BCUT2D eigenvalue weighted by atomic mass is 9.78. The zero-order chi connectivity index (χ0) is 22.4. The van der Waals surface area contributed by atoms with Gasteiger partial charge in [-0.25, -0.2) is 0 Å². The predicted molar refractivity (Wildman–Crippen MR) is 120 cm³/mol. The van der Waals surface area contributed by atoms with Crippen LogP contribution in [-0.2, 0) is 22.4 Å². The highest BCUT2D eigenvalue weighted by Crippen LogP contribution is 2.30. The average molecular weight is 452 g/mol. The maximum atomic E-state index is 13.2. The number of hydrogen-bond acceptors (Lipinski definition) is 3. The maximum Gasteiger partial charge on any atom is 0.310 e. The summed E-state index contributed by atoms with van der Waals surface area (Å²) >= 11 is 6.05. The van der Waals surface area contributed by atoms with Crippen LogP contribution >= 0.6 is 11.6 Å². The van der Waals surface area contributed by atoms with Crippen LogP contribution in [0.3, 0.4) is 0 Å². The Balaban J connectivity index is 1.38. The lowest BCUT2D eigenvalue weighted by Crippen LogP contribution is -2.59. The van der Waals surface area contributed by atoms with E-state index < -0.39 is 17.8 Å². The fourth-order valence-corrected chi connectivity index (χ4v) is 4.83. The number of nitrogens with zero attached hydrogens (tertiary/aromatic N) is 1. The minimum atomic E-state index is -0.883. The molecule has 1 unspecified atom stereocenters. The highest BCUT2D eigenvalue weighted by molar-refractivity contribution is 6.31. The second kappa shape index (κ2) is 7.98. The number of hydrogen-bond donors (Lipinski definition) is 3.